The van der Waals surface area contributed by atoms with Gasteiger partial charge in [-0.3, -0.25) is 9.59 Å². The van der Waals surface area contributed by atoms with Crippen LogP contribution in [-0.4, -0.2) is 35.6 Å². The Morgan fingerprint density at radius 2 is 2.05 bits per heavy atom. The summed E-state index contributed by atoms with van der Waals surface area (Å²) in [6.45, 7) is 8.73. The van der Waals surface area contributed by atoms with Crippen LogP contribution in [0.3, 0.4) is 0 Å². The van der Waals surface area contributed by atoms with Gasteiger partial charge in [-0.1, -0.05) is 27.7 Å². The second-order valence-electron chi connectivity index (χ2n) is 6.58. The standard InChI is InChI=1S/C14H26N2O3/c1-9-6-5-7-15-12(9)13(19)16-10(8-11(17)18)14(2,3)4/h9-10,12,15H,5-8H2,1-4H3,(H,16,19)(H,17,18). The van der Waals surface area contributed by atoms with E-state index >= 15 is 0 Å². The Morgan fingerprint density at radius 3 is 2.53 bits per heavy atom. The van der Waals surface area contributed by atoms with Gasteiger partial charge >= 0.3 is 5.97 Å². The Kier molecular flexibility index (Phi) is 5.35. The van der Waals surface area contributed by atoms with Gasteiger partial charge in [0, 0.05) is 6.04 Å². The Morgan fingerprint density at radius 1 is 1.42 bits per heavy atom. The lowest BCUT2D eigenvalue weighted by atomic mass is 9.84. The lowest BCUT2D eigenvalue weighted by molar-refractivity contribution is -0.138. The highest BCUT2D eigenvalue weighted by Crippen LogP contribution is 2.23. The number of carboxylic acids is 1. The van der Waals surface area contributed by atoms with Gasteiger partial charge in [0.05, 0.1) is 12.5 Å². The van der Waals surface area contributed by atoms with Gasteiger partial charge in [-0.2, -0.15) is 0 Å². The first-order valence-electron chi connectivity index (χ1n) is 6.97. The molecule has 1 saturated heterocycles. The summed E-state index contributed by atoms with van der Waals surface area (Å²) in [7, 11) is 0. The Balaban J connectivity index is 2.67. The van der Waals surface area contributed by atoms with Crippen molar-refractivity contribution in [3.8, 4) is 0 Å². The van der Waals surface area contributed by atoms with E-state index in [1.165, 1.54) is 0 Å². The van der Waals surface area contributed by atoms with Crippen molar-refractivity contribution in [1.29, 1.82) is 0 Å². The third-order valence-corrected chi connectivity index (χ3v) is 3.79. The van der Waals surface area contributed by atoms with E-state index in [2.05, 4.69) is 17.6 Å². The molecular formula is C14H26N2O3. The third kappa shape index (κ3) is 4.82. The van der Waals surface area contributed by atoms with Gasteiger partial charge in [0.2, 0.25) is 5.91 Å². The molecule has 1 aliphatic rings. The maximum Gasteiger partial charge on any atom is 0.305 e. The molecule has 1 rings (SSSR count). The maximum absolute atomic E-state index is 12.3. The van der Waals surface area contributed by atoms with Crippen LogP contribution in [0.25, 0.3) is 0 Å². The minimum absolute atomic E-state index is 0.0453. The normalized spacial score (nSPS) is 25.7. The number of hydrogen-bond acceptors (Lipinski definition) is 3. The first-order valence-corrected chi connectivity index (χ1v) is 6.97. The van der Waals surface area contributed by atoms with Crippen LogP contribution in [0.1, 0.15) is 47.0 Å². The zero-order chi connectivity index (χ0) is 14.6. The monoisotopic (exact) mass is 270 g/mol. The van der Waals surface area contributed by atoms with E-state index in [-0.39, 0.29) is 29.8 Å². The third-order valence-electron chi connectivity index (χ3n) is 3.79. The highest BCUT2D eigenvalue weighted by atomic mass is 16.4. The van der Waals surface area contributed by atoms with Crippen LogP contribution in [0.5, 0.6) is 0 Å². The quantitative estimate of drug-likeness (QED) is 0.721. The summed E-state index contributed by atoms with van der Waals surface area (Å²) in [6, 6.07) is -0.555. The highest BCUT2D eigenvalue weighted by molar-refractivity contribution is 5.83. The predicted molar refractivity (Wildman–Crippen MR) is 73.8 cm³/mol. The number of piperidine rings is 1. The number of rotatable bonds is 4. The number of nitrogens with one attached hydrogen (secondary N) is 2. The van der Waals surface area contributed by atoms with Crippen LogP contribution >= 0.6 is 0 Å². The number of carboxylic acid groups (broad SMARTS) is 1. The van der Waals surface area contributed by atoms with Crippen molar-refractivity contribution in [3.63, 3.8) is 0 Å². The Hall–Kier alpha value is -1.10. The summed E-state index contributed by atoms with van der Waals surface area (Å²) in [5.74, 6) is -0.669. The molecule has 1 aliphatic heterocycles. The van der Waals surface area contributed by atoms with Crippen molar-refractivity contribution in [2.75, 3.05) is 6.54 Å². The van der Waals surface area contributed by atoms with Crippen LogP contribution in [0.15, 0.2) is 0 Å². The van der Waals surface area contributed by atoms with Gasteiger partial charge in [0.25, 0.3) is 0 Å². The molecule has 1 fully saturated rings. The van der Waals surface area contributed by atoms with Gasteiger partial charge in [-0.05, 0) is 30.7 Å². The molecule has 3 atom stereocenters. The molecule has 0 aromatic rings. The molecule has 0 aromatic carbocycles. The lowest BCUT2D eigenvalue weighted by Crippen LogP contribution is -2.55. The van der Waals surface area contributed by atoms with Gasteiger partial charge in [0.1, 0.15) is 0 Å². The molecule has 5 nitrogen and oxygen atoms in total. The minimum Gasteiger partial charge on any atom is -0.481 e. The Bertz CT molecular complexity index is 336. The van der Waals surface area contributed by atoms with Crippen molar-refractivity contribution in [1.82, 2.24) is 10.6 Å². The molecule has 0 aromatic heterocycles. The van der Waals surface area contributed by atoms with Crippen molar-refractivity contribution < 1.29 is 14.7 Å². The molecule has 0 radical (unpaired) electrons. The summed E-state index contributed by atoms with van der Waals surface area (Å²) in [6.07, 6.45) is 2.07. The summed E-state index contributed by atoms with van der Waals surface area (Å²) < 4.78 is 0. The fourth-order valence-corrected chi connectivity index (χ4v) is 2.41. The van der Waals surface area contributed by atoms with Gasteiger partial charge < -0.3 is 15.7 Å². The zero-order valence-electron chi connectivity index (χ0n) is 12.3. The first kappa shape index (κ1) is 16.0. The lowest BCUT2D eigenvalue weighted by Gasteiger charge is -2.34. The molecule has 3 N–H and O–H groups in total. The van der Waals surface area contributed by atoms with Crippen molar-refractivity contribution in [2.24, 2.45) is 11.3 Å². The Labute approximate surface area is 115 Å². The molecule has 3 unspecified atom stereocenters. The topological polar surface area (TPSA) is 78.4 Å². The molecule has 0 spiro atoms. The molecular weight excluding hydrogens is 244 g/mol. The van der Waals surface area contributed by atoms with Crippen molar-refractivity contribution >= 4 is 11.9 Å². The second kappa shape index (κ2) is 6.37. The number of carbonyl (C=O) groups excluding carboxylic acids is 1. The van der Waals surface area contributed by atoms with Crippen LogP contribution in [0, 0.1) is 11.3 Å². The second-order valence-corrected chi connectivity index (χ2v) is 6.58. The fourth-order valence-electron chi connectivity index (χ4n) is 2.41. The highest BCUT2D eigenvalue weighted by Gasteiger charge is 2.33. The van der Waals surface area contributed by atoms with E-state index in [9.17, 15) is 9.59 Å². The first-order chi connectivity index (χ1) is 8.71. The van der Waals surface area contributed by atoms with E-state index in [4.69, 9.17) is 5.11 Å². The summed E-state index contributed by atoms with van der Waals surface area (Å²) >= 11 is 0. The number of aliphatic carboxylic acids is 1. The number of hydrogen-bond donors (Lipinski definition) is 3. The molecule has 110 valence electrons. The smallest absolute Gasteiger partial charge is 0.305 e. The van der Waals surface area contributed by atoms with Gasteiger partial charge in [0.15, 0.2) is 0 Å². The summed E-state index contributed by atoms with van der Waals surface area (Å²) in [4.78, 5) is 23.2. The molecule has 1 amide bonds. The SMILES string of the molecule is CC1CCCNC1C(=O)NC(CC(=O)O)C(C)(C)C. The van der Waals surface area contributed by atoms with Gasteiger partial charge in [-0.15, -0.1) is 0 Å². The van der Waals surface area contributed by atoms with Crippen LogP contribution in [0.4, 0.5) is 0 Å². The molecule has 1 heterocycles. The average Bonchev–Trinajstić information content (AvgIpc) is 2.26. The molecule has 0 aliphatic carbocycles. The molecule has 0 bridgehead atoms. The molecule has 19 heavy (non-hydrogen) atoms. The average molecular weight is 270 g/mol. The largest absolute Gasteiger partial charge is 0.481 e. The zero-order valence-corrected chi connectivity index (χ0v) is 12.3. The minimum atomic E-state index is -0.884. The van der Waals surface area contributed by atoms with Crippen molar-refractivity contribution in [2.45, 2.75) is 59.0 Å². The van der Waals surface area contributed by atoms with Gasteiger partial charge in [-0.25, -0.2) is 0 Å². The van der Waals surface area contributed by atoms with E-state index in [1.807, 2.05) is 20.8 Å². The van der Waals surface area contributed by atoms with E-state index in [1.54, 1.807) is 0 Å². The van der Waals surface area contributed by atoms with Crippen molar-refractivity contribution in [3.05, 3.63) is 0 Å². The molecule has 0 saturated carbocycles. The molecule has 5 heteroatoms. The predicted octanol–water partition coefficient (Wildman–Crippen LogP) is 1.38. The van der Waals surface area contributed by atoms with Crippen LogP contribution in [0.2, 0.25) is 0 Å². The number of amides is 1. The maximum atomic E-state index is 12.3. The van der Waals surface area contributed by atoms with E-state index in [0.29, 0.717) is 5.92 Å². The number of carbonyl (C=O) groups is 2. The summed E-state index contributed by atoms with van der Waals surface area (Å²) in [5, 5.41) is 15.1. The van der Waals surface area contributed by atoms with E-state index in [0.717, 1.165) is 19.4 Å². The van der Waals surface area contributed by atoms with E-state index < -0.39 is 5.97 Å². The summed E-state index contributed by atoms with van der Waals surface area (Å²) in [5.41, 5.74) is -0.272. The fraction of sp³-hybridized carbons (Fsp3) is 0.857. The van der Waals surface area contributed by atoms with Crippen LogP contribution < -0.4 is 10.6 Å². The van der Waals surface area contributed by atoms with Crippen LogP contribution in [-0.2, 0) is 9.59 Å².